The first-order chi connectivity index (χ1) is 8.63. The fourth-order valence-corrected chi connectivity index (χ4v) is 3.30. The van der Waals surface area contributed by atoms with Crippen LogP contribution in [-0.4, -0.2) is 16.8 Å². The topological polar surface area (TPSA) is 55.1 Å². The van der Waals surface area contributed by atoms with Gasteiger partial charge in [-0.2, -0.15) is 0 Å². The van der Waals surface area contributed by atoms with Crippen LogP contribution >= 0.6 is 34.7 Å². The minimum absolute atomic E-state index is 0.0871. The lowest BCUT2D eigenvalue weighted by atomic mass is 10.5. The molecule has 0 radical (unpaired) electrons. The molecule has 2 aromatic rings. The molecule has 0 aliphatic heterocycles. The van der Waals surface area contributed by atoms with Gasteiger partial charge in [-0.3, -0.25) is 4.79 Å². The van der Waals surface area contributed by atoms with Gasteiger partial charge in [0.2, 0.25) is 5.91 Å². The van der Waals surface area contributed by atoms with E-state index in [1.54, 1.807) is 13.0 Å². The molecule has 2 rings (SSSR count). The van der Waals surface area contributed by atoms with Gasteiger partial charge < -0.3 is 9.84 Å². The number of hydrogen-bond donors (Lipinski definition) is 1. The van der Waals surface area contributed by atoms with Crippen molar-refractivity contribution < 1.29 is 9.32 Å². The molecule has 0 aliphatic rings. The Morgan fingerprint density at radius 3 is 3.06 bits per heavy atom. The van der Waals surface area contributed by atoms with Gasteiger partial charge in [0, 0.05) is 16.7 Å². The van der Waals surface area contributed by atoms with Gasteiger partial charge in [-0.25, -0.2) is 0 Å². The van der Waals surface area contributed by atoms with Gasteiger partial charge in [-0.05, 0) is 19.1 Å². The maximum Gasteiger partial charge on any atom is 0.235 e. The van der Waals surface area contributed by atoms with Gasteiger partial charge in [0.05, 0.1) is 10.1 Å². The number of carbonyl (C=O) groups is 1. The Morgan fingerprint density at radius 2 is 2.44 bits per heavy atom. The van der Waals surface area contributed by atoms with Crippen molar-refractivity contribution in [3.05, 3.63) is 33.2 Å². The molecule has 4 nitrogen and oxygen atoms in total. The zero-order valence-corrected chi connectivity index (χ0v) is 12.0. The van der Waals surface area contributed by atoms with Crippen LogP contribution in [-0.2, 0) is 10.5 Å². The fraction of sp³-hybridized carbons (Fsp3) is 0.273. The van der Waals surface area contributed by atoms with Crippen LogP contribution in [0.15, 0.2) is 22.7 Å². The Morgan fingerprint density at radius 1 is 1.61 bits per heavy atom. The lowest BCUT2D eigenvalue weighted by molar-refractivity contribution is -0.113. The van der Waals surface area contributed by atoms with Gasteiger partial charge in [0.25, 0.3) is 0 Å². The summed E-state index contributed by atoms with van der Waals surface area (Å²) in [6.07, 6.45) is 0. The Kier molecular flexibility index (Phi) is 4.68. The maximum absolute atomic E-state index is 11.6. The third kappa shape index (κ3) is 4.04. The number of thioether (sulfide) groups is 1. The first kappa shape index (κ1) is 13.5. The average Bonchev–Trinajstić information content (AvgIpc) is 2.88. The van der Waals surface area contributed by atoms with E-state index < -0.39 is 0 Å². The lowest BCUT2D eigenvalue weighted by Gasteiger charge is -2.00. The molecule has 2 aromatic heterocycles. The second-order valence-electron chi connectivity index (χ2n) is 3.57. The van der Waals surface area contributed by atoms with Crippen LogP contribution in [0.5, 0.6) is 0 Å². The molecule has 0 aromatic carbocycles. The van der Waals surface area contributed by atoms with Crippen molar-refractivity contribution in [3.8, 4) is 0 Å². The van der Waals surface area contributed by atoms with Crippen LogP contribution in [0, 0.1) is 6.92 Å². The first-order valence-electron chi connectivity index (χ1n) is 5.18. The van der Waals surface area contributed by atoms with Crippen molar-refractivity contribution in [3.63, 3.8) is 0 Å². The van der Waals surface area contributed by atoms with E-state index in [1.165, 1.54) is 23.1 Å². The van der Waals surface area contributed by atoms with Crippen molar-refractivity contribution in [1.29, 1.82) is 0 Å². The molecule has 2 heterocycles. The highest BCUT2D eigenvalue weighted by atomic mass is 35.5. The quantitative estimate of drug-likeness (QED) is 0.917. The molecule has 0 bridgehead atoms. The third-order valence-corrected chi connectivity index (χ3v) is 4.40. The number of hydrogen-bond acceptors (Lipinski definition) is 5. The largest absolute Gasteiger partial charge is 0.360 e. The molecular weight excluding hydrogens is 292 g/mol. The average molecular weight is 303 g/mol. The highest BCUT2D eigenvalue weighted by Crippen LogP contribution is 2.25. The van der Waals surface area contributed by atoms with Gasteiger partial charge in [-0.1, -0.05) is 16.8 Å². The van der Waals surface area contributed by atoms with E-state index in [-0.39, 0.29) is 5.91 Å². The zero-order chi connectivity index (χ0) is 13.0. The Bertz CT molecular complexity index is 539. The first-order valence-corrected chi connectivity index (χ1v) is 7.53. The van der Waals surface area contributed by atoms with Crippen molar-refractivity contribution in [2.45, 2.75) is 12.7 Å². The molecule has 0 saturated carbocycles. The number of halogens is 1. The van der Waals surface area contributed by atoms with E-state index in [0.29, 0.717) is 17.3 Å². The van der Waals surface area contributed by atoms with Gasteiger partial charge in [0.15, 0.2) is 5.82 Å². The van der Waals surface area contributed by atoms with Crippen LogP contribution in [0.1, 0.15) is 10.6 Å². The second-order valence-corrected chi connectivity index (χ2v) is 6.35. The zero-order valence-electron chi connectivity index (χ0n) is 9.60. The smallest absolute Gasteiger partial charge is 0.235 e. The number of carbonyl (C=O) groups excluding carboxylic acids is 1. The van der Waals surface area contributed by atoms with Crippen molar-refractivity contribution in [2.24, 2.45) is 0 Å². The highest BCUT2D eigenvalue weighted by molar-refractivity contribution is 7.99. The van der Waals surface area contributed by atoms with E-state index in [2.05, 4.69) is 10.5 Å². The Balaban J connectivity index is 1.72. The lowest BCUT2D eigenvalue weighted by Crippen LogP contribution is -2.14. The fourth-order valence-electron chi connectivity index (χ4n) is 1.28. The summed E-state index contributed by atoms with van der Waals surface area (Å²) in [7, 11) is 0. The molecule has 1 amide bonds. The van der Waals surface area contributed by atoms with Crippen LogP contribution in [0.2, 0.25) is 4.34 Å². The minimum Gasteiger partial charge on any atom is -0.360 e. The van der Waals surface area contributed by atoms with Crippen molar-refractivity contribution >= 4 is 46.4 Å². The monoisotopic (exact) mass is 302 g/mol. The molecule has 0 fully saturated rings. The summed E-state index contributed by atoms with van der Waals surface area (Å²) in [4.78, 5) is 12.7. The summed E-state index contributed by atoms with van der Waals surface area (Å²) < 4.78 is 5.63. The number of thiophene rings is 1. The van der Waals surface area contributed by atoms with E-state index in [1.807, 2.05) is 12.1 Å². The molecule has 18 heavy (non-hydrogen) atoms. The molecular formula is C11H11ClN2O2S2. The number of nitrogens with one attached hydrogen (secondary N) is 1. The van der Waals surface area contributed by atoms with Crippen LogP contribution in [0.3, 0.4) is 0 Å². The molecule has 0 atom stereocenters. The number of rotatable bonds is 5. The SMILES string of the molecule is Cc1cc(NC(=O)CSCc2ccc(Cl)s2)no1. The summed E-state index contributed by atoms with van der Waals surface area (Å²) in [5, 5.41) is 6.36. The number of aryl methyl sites for hydroxylation is 1. The number of amides is 1. The van der Waals surface area contributed by atoms with Crippen LogP contribution < -0.4 is 5.32 Å². The third-order valence-electron chi connectivity index (χ3n) is 2.00. The van der Waals surface area contributed by atoms with E-state index in [9.17, 15) is 4.79 Å². The molecule has 0 spiro atoms. The maximum atomic E-state index is 11.6. The number of anilines is 1. The Hall–Kier alpha value is -0.980. The van der Waals surface area contributed by atoms with Gasteiger partial charge in [0.1, 0.15) is 5.76 Å². The van der Waals surface area contributed by atoms with Crippen LogP contribution in [0.4, 0.5) is 5.82 Å². The second kappa shape index (κ2) is 6.26. The molecule has 0 aliphatic carbocycles. The normalized spacial score (nSPS) is 10.6. The van der Waals surface area contributed by atoms with Crippen LogP contribution in [0.25, 0.3) is 0 Å². The van der Waals surface area contributed by atoms with Crippen molar-refractivity contribution in [2.75, 3.05) is 11.1 Å². The standard InChI is InChI=1S/C11H11ClN2O2S2/c1-7-4-10(14-16-7)13-11(15)6-17-5-8-2-3-9(12)18-8/h2-4H,5-6H2,1H3,(H,13,14,15). The Labute approximate surface area is 118 Å². The van der Waals surface area contributed by atoms with E-state index in [4.69, 9.17) is 16.1 Å². The predicted molar refractivity (Wildman–Crippen MR) is 75.4 cm³/mol. The number of aromatic nitrogens is 1. The van der Waals surface area contributed by atoms with Gasteiger partial charge >= 0.3 is 0 Å². The number of nitrogens with zero attached hydrogens (tertiary/aromatic N) is 1. The summed E-state index contributed by atoms with van der Waals surface area (Å²) in [6.45, 7) is 1.78. The summed E-state index contributed by atoms with van der Waals surface area (Å²) in [6, 6.07) is 5.51. The molecule has 0 unspecified atom stereocenters. The summed E-state index contributed by atoms with van der Waals surface area (Å²) in [5.41, 5.74) is 0. The molecule has 96 valence electrons. The molecule has 0 saturated heterocycles. The van der Waals surface area contributed by atoms with E-state index >= 15 is 0 Å². The minimum atomic E-state index is -0.0871. The molecule has 7 heteroatoms. The molecule has 1 N–H and O–H groups in total. The van der Waals surface area contributed by atoms with Gasteiger partial charge in [-0.15, -0.1) is 23.1 Å². The predicted octanol–water partition coefficient (Wildman–Crippen LogP) is 3.57. The summed E-state index contributed by atoms with van der Waals surface area (Å²) >= 11 is 8.89. The van der Waals surface area contributed by atoms with E-state index in [0.717, 1.165) is 15.0 Å². The highest BCUT2D eigenvalue weighted by Gasteiger charge is 2.06. The van der Waals surface area contributed by atoms with Crippen molar-refractivity contribution in [1.82, 2.24) is 5.16 Å². The summed E-state index contributed by atoms with van der Waals surface area (Å²) in [5.74, 6) is 2.20.